The molecule has 2 aromatic rings. The van der Waals surface area contributed by atoms with Crippen LogP contribution in [0.15, 0.2) is 42.7 Å². The minimum absolute atomic E-state index is 0.228. The first-order chi connectivity index (χ1) is 10.6. The average molecular weight is 320 g/mol. The monoisotopic (exact) mass is 319 g/mol. The second-order valence-electron chi connectivity index (χ2n) is 4.72. The lowest BCUT2D eigenvalue weighted by molar-refractivity contribution is 0.236. The minimum Gasteiger partial charge on any atom is -0.491 e. The fourth-order valence-corrected chi connectivity index (χ4v) is 2.07. The van der Waals surface area contributed by atoms with Gasteiger partial charge in [-0.25, -0.2) is 4.79 Å². The number of nitrogens with zero attached hydrogens (tertiary/aromatic N) is 1. The molecule has 0 aliphatic heterocycles. The molecule has 0 spiro atoms. The third-order valence-corrected chi connectivity index (χ3v) is 3.22. The molecule has 5 nitrogen and oxygen atoms in total. The molecule has 2 rings (SSSR count). The van der Waals surface area contributed by atoms with Crippen LogP contribution in [0, 0.1) is 6.92 Å². The third kappa shape index (κ3) is 5.26. The summed E-state index contributed by atoms with van der Waals surface area (Å²) in [5, 5.41) is 6.18. The number of amides is 2. The zero-order valence-corrected chi connectivity index (χ0v) is 13.1. The zero-order valence-electron chi connectivity index (χ0n) is 12.3. The van der Waals surface area contributed by atoms with Crippen LogP contribution in [0.1, 0.15) is 11.1 Å². The summed E-state index contributed by atoms with van der Waals surface area (Å²) in [4.78, 5) is 15.5. The standard InChI is InChI=1S/C16H18ClN3O2/c1-12-10-14(17)2-3-15(12)22-9-8-19-16(21)20-11-13-4-6-18-7-5-13/h2-7,10H,8-9,11H2,1H3,(H2,19,20,21). The summed E-state index contributed by atoms with van der Waals surface area (Å²) in [7, 11) is 0. The summed E-state index contributed by atoms with van der Waals surface area (Å²) >= 11 is 5.88. The van der Waals surface area contributed by atoms with Crippen molar-refractivity contribution in [3.8, 4) is 5.75 Å². The number of nitrogens with one attached hydrogen (secondary N) is 2. The highest BCUT2D eigenvalue weighted by Gasteiger charge is 2.02. The lowest BCUT2D eigenvalue weighted by atomic mass is 10.2. The molecule has 2 amide bonds. The number of hydrogen-bond acceptors (Lipinski definition) is 3. The highest BCUT2D eigenvalue weighted by Crippen LogP contribution is 2.21. The molecular formula is C16H18ClN3O2. The van der Waals surface area contributed by atoms with Crippen LogP contribution in [-0.2, 0) is 6.54 Å². The molecule has 0 aliphatic rings. The maximum Gasteiger partial charge on any atom is 0.315 e. The lowest BCUT2D eigenvalue weighted by Crippen LogP contribution is -2.37. The van der Waals surface area contributed by atoms with Crippen molar-refractivity contribution in [3.05, 3.63) is 58.9 Å². The second-order valence-corrected chi connectivity index (χ2v) is 5.16. The van der Waals surface area contributed by atoms with E-state index in [1.165, 1.54) is 0 Å². The van der Waals surface area contributed by atoms with Gasteiger partial charge in [0.2, 0.25) is 0 Å². The zero-order chi connectivity index (χ0) is 15.8. The minimum atomic E-state index is -0.228. The van der Waals surface area contributed by atoms with E-state index >= 15 is 0 Å². The molecule has 0 unspecified atom stereocenters. The fraction of sp³-hybridized carbons (Fsp3) is 0.250. The van der Waals surface area contributed by atoms with Gasteiger partial charge in [-0.3, -0.25) is 4.98 Å². The first-order valence-corrected chi connectivity index (χ1v) is 7.32. The Morgan fingerprint density at radius 3 is 2.73 bits per heavy atom. The number of aryl methyl sites for hydroxylation is 1. The number of ether oxygens (including phenoxy) is 1. The van der Waals surface area contributed by atoms with Gasteiger partial charge in [0.1, 0.15) is 12.4 Å². The molecule has 0 bridgehead atoms. The highest BCUT2D eigenvalue weighted by atomic mass is 35.5. The number of halogens is 1. The molecule has 0 atom stereocenters. The number of hydrogen-bond donors (Lipinski definition) is 2. The Labute approximate surface area is 134 Å². The van der Waals surface area contributed by atoms with Crippen LogP contribution in [-0.4, -0.2) is 24.2 Å². The molecule has 1 heterocycles. The van der Waals surface area contributed by atoms with Gasteiger partial charge in [0, 0.05) is 24.0 Å². The van der Waals surface area contributed by atoms with Crippen LogP contribution in [0.4, 0.5) is 4.79 Å². The summed E-state index contributed by atoms with van der Waals surface area (Å²) in [6.07, 6.45) is 3.38. The molecule has 116 valence electrons. The van der Waals surface area contributed by atoms with E-state index in [0.29, 0.717) is 24.7 Å². The van der Waals surface area contributed by atoms with E-state index in [1.54, 1.807) is 18.5 Å². The highest BCUT2D eigenvalue weighted by molar-refractivity contribution is 6.30. The molecule has 2 N–H and O–H groups in total. The van der Waals surface area contributed by atoms with Crippen LogP contribution in [0.25, 0.3) is 0 Å². The first-order valence-electron chi connectivity index (χ1n) is 6.95. The van der Waals surface area contributed by atoms with E-state index in [0.717, 1.165) is 16.9 Å². The molecule has 0 fully saturated rings. The van der Waals surface area contributed by atoms with Gasteiger partial charge in [-0.05, 0) is 48.4 Å². The lowest BCUT2D eigenvalue weighted by Gasteiger charge is -2.11. The quantitative estimate of drug-likeness (QED) is 0.805. The van der Waals surface area contributed by atoms with E-state index in [2.05, 4.69) is 15.6 Å². The van der Waals surface area contributed by atoms with Gasteiger partial charge in [0.25, 0.3) is 0 Å². The molecule has 0 saturated carbocycles. The van der Waals surface area contributed by atoms with E-state index < -0.39 is 0 Å². The smallest absolute Gasteiger partial charge is 0.315 e. The Balaban J connectivity index is 1.65. The van der Waals surface area contributed by atoms with Crippen molar-refractivity contribution in [1.29, 1.82) is 0 Å². The Hall–Kier alpha value is -2.27. The SMILES string of the molecule is Cc1cc(Cl)ccc1OCCNC(=O)NCc1ccncc1. The molecule has 0 radical (unpaired) electrons. The van der Waals surface area contributed by atoms with Crippen LogP contribution >= 0.6 is 11.6 Å². The van der Waals surface area contributed by atoms with Crippen LogP contribution in [0.2, 0.25) is 5.02 Å². The summed E-state index contributed by atoms with van der Waals surface area (Å²) < 4.78 is 5.60. The van der Waals surface area contributed by atoms with Crippen molar-refractivity contribution in [2.75, 3.05) is 13.2 Å². The van der Waals surface area contributed by atoms with E-state index in [9.17, 15) is 4.79 Å². The van der Waals surface area contributed by atoms with Crippen molar-refractivity contribution >= 4 is 17.6 Å². The Bertz CT molecular complexity index is 620. The van der Waals surface area contributed by atoms with E-state index in [1.807, 2.05) is 31.2 Å². The largest absolute Gasteiger partial charge is 0.491 e. The Morgan fingerprint density at radius 1 is 1.23 bits per heavy atom. The molecule has 6 heteroatoms. The number of carbonyl (C=O) groups is 1. The number of urea groups is 1. The number of benzene rings is 1. The van der Waals surface area contributed by atoms with E-state index in [4.69, 9.17) is 16.3 Å². The van der Waals surface area contributed by atoms with Crippen molar-refractivity contribution in [2.24, 2.45) is 0 Å². The topological polar surface area (TPSA) is 63.2 Å². The van der Waals surface area contributed by atoms with Crippen molar-refractivity contribution in [3.63, 3.8) is 0 Å². The van der Waals surface area contributed by atoms with Gasteiger partial charge in [-0.1, -0.05) is 11.6 Å². The van der Waals surface area contributed by atoms with Gasteiger partial charge >= 0.3 is 6.03 Å². The summed E-state index contributed by atoms with van der Waals surface area (Å²) in [6.45, 7) is 3.21. The van der Waals surface area contributed by atoms with Crippen molar-refractivity contribution in [1.82, 2.24) is 15.6 Å². The molecule has 0 aliphatic carbocycles. The summed E-state index contributed by atoms with van der Waals surface area (Å²) in [6, 6.07) is 8.92. The third-order valence-electron chi connectivity index (χ3n) is 2.98. The van der Waals surface area contributed by atoms with Gasteiger partial charge in [-0.2, -0.15) is 0 Å². The van der Waals surface area contributed by atoms with E-state index in [-0.39, 0.29) is 6.03 Å². The Kier molecular flexibility index (Phi) is 6.03. The number of aromatic nitrogens is 1. The molecule has 1 aromatic heterocycles. The first kappa shape index (κ1) is 16.1. The van der Waals surface area contributed by atoms with Crippen molar-refractivity contribution in [2.45, 2.75) is 13.5 Å². The maximum atomic E-state index is 11.6. The van der Waals surface area contributed by atoms with Crippen molar-refractivity contribution < 1.29 is 9.53 Å². The molecule has 22 heavy (non-hydrogen) atoms. The number of pyridine rings is 1. The van der Waals surface area contributed by atoms with Gasteiger partial charge < -0.3 is 15.4 Å². The molecule has 0 saturated heterocycles. The van der Waals surface area contributed by atoms with Crippen LogP contribution < -0.4 is 15.4 Å². The summed E-state index contributed by atoms with van der Waals surface area (Å²) in [5.41, 5.74) is 1.97. The predicted molar refractivity (Wildman–Crippen MR) is 86.2 cm³/mol. The molecular weight excluding hydrogens is 302 g/mol. The second kappa shape index (κ2) is 8.24. The van der Waals surface area contributed by atoms with Gasteiger partial charge in [0.05, 0.1) is 6.54 Å². The van der Waals surface area contributed by atoms with Gasteiger partial charge in [0.15, 0.2) is 0 Å². The number of carbonyl (C=O) groups excluding carboxylic acids is 1. The Morgan fingerprint density at radius 2 is 2.00 bits per heavy atom. The summed E-state index contributed by atoms with van der Waals surface area (Å²) in [5.74, 6) is 0.767. The fourth-order valence-electron chi connectivity index (χ4n) is 1.85. The normalized spacial score (nSPS) is 10.1. The molecule has 1 aromatic carbocycles. The average Bonchev–Trinajstić information content (AvgIpc) is 2.52. The van der Waals surface area contributed by atoms with Crippen LogP contribution in [0.5, 0.6) is 5.75 Å². The maximum absolute atomic E-state index is 11.6. The van der Waals surface area contributed by atoms with Gasteiger partial charge in [-0.15, -0.1) is 0 Å². The predicted octanol–water partition coefficient (Wildman–Crippen LogP) is 2.92. The van der Waals surface area contributed by atoms with Crippen LogP contribution in [0.3, 0.4) is 0 Å². The number of rotatable bonds is 6.